The number of fused-ring (bicyclic) bond motifs is 1. The molecule has 1 amide bonds. The monoisotopic (exact) mass is 325 g/mol. The van der Waals surface area contributed by atoms with Gasteiger partial charge in [-0.15, -0.1) is 5.10 Å². The number of nitrogens with zero attached hydrogens (tertiary/aromatic N) is 3. The number of hydrogen-bond acceptors (Lipinski definition) is 3. The number of amides is 1. The minimum absolute atomic E-state index is 0.0800. The zero-order valence-corrected chi connectivity index (χ0v) is 14.1. The van der Waals surface area contributed by atoms with Crippen LogP contribution in [0, 0.1) is 5.41 Å². The van der Waals surface area contributed by atoms with Crippen LogP contribution in [0.2, 0.25) is 0 Å². The molecule has 2 heterocycles. The minimum atomic E-state index is 0.0800. The molecule has 0 saturated heterocycles. The maximum atomic E-state index is 12.7. The zero-order chi connectivity index (χ0) is 16.6. The summed E-state index contributed by atoms with van der Waals surface area (Å²) in [5.74, 6) is 0.607. The van der Waals surface area contributed by atoms with Crippen molar-refractivity contribution in [3.05, 3.63) is 47.7 Å². The lowest BCUT2D eigenvalue weighted by atomic mass is 9.70. The van der Waals surface area contributed by atoms with Gasteiger partial charge in [0.15, 0.2) is 0 Å². The van der Waals surface area contributed by atoms with Gasteiger partial charge in [-0.25, -0.2) is 0 Å². The Labute approximate surface area is 142 Å². The maximum Gasteiger partial charge on any atom is 0.272 e. The van der Waals surface area contributed by atoms with Crippen molar-refractivity contribution in [1.29, 1.82) is 0 Å². The highest BCUT2D eigenvalue weighted by Crippen LogP contribution is 2.41. The summed E-state index contributed by atoms with van der Waals surface area (Å²) in [5.41, 5.74) is 2.05. The lowest BCUT2D eigenvalue weighted by Crippen LogP contribution is -2.47. The van der Waals surface area contributed by atoms with E-state index in [-0.39, 0.29) is 5.91 Å². The molecule has 126 valence electrons. The van der Waals surface area contributed by atoms with Crippen LogP contribution in [0.4, 0.5) is 0 Å². The van der Waals surface area contributed by atoms with Crippen molar-refractivity contribution in [2.24, 2.45) is 5.41 Å². The molecule has 1 aliphatic carbocycles. The van der Waals surface area contributed by atoms with Crippen LogP contribution in [0.15, 0.2) is 36.4 Å². The van der Waals surface area contributed by atoms with Crippen LogP contribution in [0.3, 0.4) is 0 Å². The molecule has 1 aromatic heterocycles. The second-order valence-electron chi connectivity index (χ2n) is 7.26. The molecular weight excluding hydrogens is 302 g/mol. The predicted molar refractivity (Wildman–Crippen MR) is 90.9 cm³/mol. The summed E-state index contributed by atoms with van der Waals surface area (Å²) in [6.07, 6.45) is 3.73. The Morgan fingerprint density at radius 2 is 2.00 bits per heavy atom. The van der Waals surface area contributed by atoms with Crippen molar-refractivity contribution in [1.82, 2.24) is 14.7 Å². The van der Waals surface area contributed by atoms with Crippen LogP contribution in [0.5, 0.6) is 5.88 Å². The van der Waals surface area contributed by atoms with Crippen molar-refractivity contribution in [3.8, 4) is 5.88 Å². The molecule has 1 aliphatic heterocycles. The predicted octanol–water partition coefficient (Wildman–Crippen LogP) is 3.11. The number of benzene rings is 1. The Hall–Kier alpha value is -2.30. The number of aromatic nitrogens is 2. The van der Waals surface area contributed by atoms with Gasteiger partial charge < -0.3 is 9.64 Å². The third kappa shape index (κ3) is 2.90. The van der Waals surface area contributed by atoms with Gasteiger partial charge in [0.25, 0.3) is 5.91 Å². The van der Waals surface area contributed by atoms with Crippen molar-refractivity contribution in [3.63, 3.8) is 0 Å². The van der Waals surface area contributed by atoms with Crippen LogP contribution in [0.25, 0.3) is 0 Å². The van der Waals surface area contributed by atoms with Gasteiger partial charge in [-0.1, -0.05) is 43.7 Å². The van der Waals surface area contributed by atoms with E-state index < -0.39 is 0 Å². The summed E-state index contributed by atoms with van der Waals surface area (Å²) < 4.78 is 7.54. The fraction of sp³-hybridized carbons (Fsp3) is 0.474. The van der Waals surface area contributed by atoms with E-state index in [1.807, 2.05) is 35.2 Å². The Kier molecular flexibility index (Phi) is 3.79. The second kappa shape index (κ2) is 5.96. The standard InChI is InChI=1S/C19H23N3O2/c1-19(8-5-9-19)14-21-10-11-22-16(18(21)23)12-17(20-22)24-13-15-6-3-2-4-7-15/h2-4,6-7,12H,5,8-11,13-14H2,1H3. The van der Waals surface area contributed by atoms with E-state index >= 15 is 0 Å². The van der Waals surface area contributed by atoms with E-state index in [2.05, 4.69) is 12.0 Å². The summed E-state index contributed by atoms with van der Waals surface area (Å²) >= 11 is 0. The summed E-state index contributed by atoms with van der Waals surface area (Å²) in [4.78, 5) is 14.7. The summed E-state index contributed by atoms with van der Waals surface area (Å²) in [5, 5.41) is 4.43. The van der Waals surface area contributed by atoms with Crippen LogP contribution in [-0.4, -0.2) is 33.7 Å². The first-order chi connectivity index (χ1) is 11.6. The van der Waals surface area contributed by atoms with Gasteiger partial charge in [0.2, 0.25) is 5.88 Å². The average Bonchev–Trinajstić information content (AvgIpc) is 2.99. The Balaban J connectivity index is 1.44. The van der Waals surface area contributed by atoms with Gasteiger partial charge in [-0.3, -0.25) is 9.48 Å². The minimum Gasteiger partial charge on any atom is -0.472 e. The van der Waals surface area contributed by atoms with Crippen LogP contribution < -0.4 is 4.74 Å². The number of hydrogen-bond donors (Lipinski definition) is 0. The average molecular weight is 325 g/mol. The van der Waals surface area contributed by atoms with Crippen LogP contribution >= 0.6 is 0 Å². The molecular formula is C19H23N3O2. The van der Waals surface area contributed by atoms with E-state index in [0.717, 1.165) is 25.2 Å². The van der Waals surface area contributed by atoms with E-state index in [0.29, 0.717) is 23.6 Å². The topological polar surface area (TPSA) is 47.4 Å². The molecule has 0 radical (unpaired) electrons. The van der Waals surface area contributed by atoms with Gasteiger partial charge in [0, 0.05) is 19.2 Å². The molecule has 1 fully saturated rings. The first-order valence-electron chi connectivity index (χ1n) is 8.67. The van der Waals surface area contributed by atoms with E-state index in [1.54, 1.807) is 10.7 Å². The number of ether oxygens (including phenoxy) is 1. The molecule has 2 aromatic rings. The molecule has 5 nitrogen and oxygen atoms in total. The molecule has 4 rings (SSSR count). The Bertz CT molecular complexity index is 734. The molecule has 2 aliphatic rings. The molecule has 5 heteroatoms. The van der Waals surface area contributed by atoms with E-state index in [1.165, 1.54) is 19.3 Å². The van der Waals surface area contributed by atoms with Gasteiger partial charge in [-0.2, -0.15) is 0 Å². The third-order valence-electron chi connectivity index (χ3n) is 5.21. The zero-order valence-electron chi connectivity index (χ0n) is 14.1. The van der Waals surface area contributed by atoms with Gasteiger partial charge in [0.1, 0.15) is 12.3 Å². The third-order valence-corrected chi connectivity index (χ3v) is 5.21. The lowest BCUT2D eigenvalue weighted by Gasteiger charge is -2.43. The van der Waals surface area contributed by atoms with Gasteiger partial charge in [-0.05, 0) is 23.8 Å². The molecule has 24 heavy (non-hydrogen) atoms. The molecule has 0 atom stereocenters. The quantitative estimate of drug-likeness (QED) is 0.848. The second-order valence-corrected chi connectivity index (χ2v) is 7.26. The van der Waals surface area contributed by atoms with Crippen LogP contribution in [-0.2, 0) is 13.2 Å². The first kappa shape index (κ1) is 15.2. The van der Waals surface area contributed by atoms with Crippen molar-refractivity contribution in [2.45, 2.75) is 39.3 Å². The summed E-state index contributed by atoms with van der Waals surface area (Å²) in [7, 11) is 0. The fourth-order valence-electron chi connectivity index (χ4n) is 3.57. The number of carbonyl (C=O) groups excluding carboxylic acids is 1. The fourth-order valence-corrected chi connectivity index (χ4v) is 3.57. The first-order valence-corrected chi connectivity index (χ1v) is 8.67. The summed E-state index contributed by atoms with van der Waals surface area (Å²) in [6.45, 7) is 5.08. The van der Waals surface area contributed by atoms with E-state index in [9.17, 15) is 4.79 Å². The maximum absolute atomic E-state index is 12.7. The highest BCUT2D eigenvalue weighted by molar-refractivity contribution is 5.93. The molecule has 1 saturated carbocycles. The van der Waals surface area contributed by atoms with Crippen LogP contribution in [0.1, 0.15) is 42.2 Å². The van der Waals surface area contributed by atoms with Crippen molar-refractivity contribution >= 4 is 5.91 Å². The Morgan fingerprint density at radius 1 is 1.21 bits per heavy atom. The normalized spacial score (nSPS) is 18.9. The van der Waals surface area contributed by atoms with Gasteiger partial charge in [0.05, 0.1) is 6.54 Å². The van der Waals surface area contributed by atoms with Gasteiger partial charge >= 0.3 is 0 Å². The van der Waals surface area contributed by atoms with E-state index in [4.69, 9.17) is 4.74 Å². The molecule has 0 N–H and O–H groups in total. The highest BCUT2D eigenvalue weighted by atomic mass is 16.5. The smallest absolute Gasteiger partial charge is 0.272 e. The molecule has 0 bridgehead atoms. The number of carbonyl (C=O) groups is 1. The molecule has 0 unspecified atom stereocenters. The Morgan fingerprint density at radius 3 is 2.71 bits per heavy atom. The highest BCUT2D eigenvalue weighted by Gasteiger charge is 2.37. The molecule has 0 spiro atoms. The number of rotatable bonds is 5. The summed E-state index contributed by atoms with van der Waals surface area (Å²) in [6, 6.07) is 11.8. The van der Waals surface area contributed by atoms with Crippen molar-refractivity contribution in [2.75, 3.05) is 13.1 Å². The lowest BCUT2D eigenvalue weighted by molar-refractivity contribution is 0.0463. The molecule has 1 aromatic carbocycles. The van der Waals surface area contributed by atoms with Crippen molar-refractivity contribution < 1.29 is 9.53 Å². The SMILES string of the molecule is CC1(CN2CCn3nc(OCc4ccccc4)cc3C2=O)CCC1. The largest absolute Gasteiger partial charge is 0.472 e.